The van der Waals surface area contributed by atoms with Crippen molar-refractivity contribution in [2.75, 3.05) is 0 Å². The molecule has 26 heteroatoms. The Kier molecular flexibility index (Phi) is 9.99. The predicted molar refractivity (Wildman–Crippen MR) is 61.8 cm³/mol. The standard InChI is InChI=1S/C10HF19O5S.Li/c11-1(12)2(13)33-8(24,25)3(14,6(18,19)20)4(15,16)5(17,7(21,22)23)34-9(26,27)10(28,29)35(30,31)32;/h(H,30,31,32);/q;+1/p-1. The molecule has 0 fully saturated rings. The monoisotopic (exact) mass is 600 g/mol. The molecule has 0 bridgehead atoms. The van der Waals surface area contributed by atoms with Gasteiger partial charge in [0.2, 0.25) is 0 Å². The fraction of sp³-hybridized carbons (Fsp3) is 0.800. The molecule has 0 spiro atoms. The average molecular weight is 600 g/mol. The van der Waals surface area contributed by atoms with E-state index in [2.05, 4.69) is 0 Å². The quantitative estimate of drug-likeness (QED) is 0.176. The number of alkyl halides is 16. The largest absolute Gasteiger partial charge is 1.00 e. The molecule has 5 nitrogen and oxygen atoms in total. The molecule has 2 atom stereocenters. The molecule has 0 amide bonds. The van der Waals surface area contributed by atoms with E-state index in [1.54, 1.807) is 0 Å². The van der Waals surface area contributed by atoms with Crippen molar-refractivity contribution in [2.45, 2.75) is 47.3 Å². The van der Waals surface area contributed by atoms with E-state index >= 15 is 0 Å². The van der Waals surface area contributed by atoms with Crippen molar-refractivity contribution < 1.29 is 125 Å². The number of hydrogen-bond acceptors (Lipinski definition) is 5. The molecule has 0 rings (SSSR count). The number of rotatable bonds is 9. The van der Waals surface area contributed by atoms with Gasteiger partial charge in [0, 0.05) is 0 Å². The Labute approximate surface area is 195 Å². The molecule has 0 aromatic heterocycles. The number of hydrogen-bond donors (Lipinski definition) is 0. The third-order valence-electron chi connectivity index (χ3n) is 3.28. The van der Waals surface area contributed by atoms with Crippen molar-refractivity contribution in [1.29, 1.82) is 0 Å². The Morgan fingerprint density at radius 2 is 1.00 bits per heavy atom. The van der Waals surface area contributed by atoms with E-state index in [4.69, 9.17) is 0 Å². The van der Waals surface area contributed by atoms with Gasteiger partial charge in [0.15, 0.2) is 10.1 Å². The zero-order chi connectivity index (χ0) is 29.1. The van der Waals surface area contributed by atoms with Crippen LogP contribution in [0.4, 0.5) is 83.4 Å². The molecule has 36 heavy (non-hydrogen) atoms. The van der Waals surface area contributed by atoms with Gasteiger partial charge in [-0.25, -0.2) is 12.8 Å². The van der Waals surface area contributed by atoms with E-state index in [1.165, 1.54) is 4.74 Å². The van der Waals surface area contributed by atoms with Crippen LogP contribution in [0.15, 0.2) is 12.1 Å². The number of halogens is 19. The summed E-state index contributed by atoms with van der Waals surface area (Å²) in [5.41, 5.74) is -8.91. The molecule has 0 aromatic rings. The van der Waals surface area contributed by atoms with E-state index in [0.29, 0.717) is 0 Å². The Morgan fingerprint density at radius 1 is 0.639 bits per heavy atom. The van der Waals surface area contributed by atoms with E-state index < -0.39 is 69.5 Å². The third kappa shape index (κ3) is 5.58. The van der Waals surface area contributed by atoms with Gasteiger partial charge >= 0.3 is 78.2 Å². The maximum absolute atomic E-state index is 14.0. The Hall–Kier alpha value is -1.32. The van der Waals surface area contributed by atoms with Crippen LogP contribution >= 0.6 is 0 Å². The first-order valence-electron chi connectivity index (χ1n) is 6.86. The van der Waals surface area contributed by atoms with Crippen molar-refractivity contribution in [2.24, 2.45) is 0 Å². The third-order valence-corrected chi connectivity index (χ3v) is 4.15. The first-order chi connectivity index (χ1) is 14.8. The minimum absolute atomic E-state index is 0. The van der Waals surface area contributed by atoms with Crippen LogP contribution < -0.4 is 18.9 Å². The Morgan fingerprint density at radius 3 is 1.25 bits per heavy atom. The van der Waals surface area contributed by atoms with Crippen LogP contribution in [0.1, 0.15) is 0 Å². The molecule has 0 aliphatic rings. The first-order valence-corrected chi connectivity index (χ1v) is 8.27. The predicted octanol–water partition coefficient (Wildman–Crippen LogP) is 2.52. The summed E-state index contributed by atoms with van der Waals surface area (Å²) in [6, 6.07) is -4.44. The van der Waals surface area contributed by atoms with Crippen molar-refractivity contribution in [3.05, 3.63) is 12.1 Å². The molecule has 0 N–H and O–H groups in total. The van der Waals surface area contributed by atoms with Gasteiger partial charge in [-0.15, -0.1) is 0 Å². The summed E-state index contributed by atoms with van der Waals surface area (Å²) < 4.78 is 279. The van der Waals surface area contributed by atoms with Gasteiger partial charge in [-0.05, 0) is 0 Å². The summed E-state index contributed by atoms with van der Waals surface area (Å²) in [4.78, 5) is 0. The Bertz CT molecular complexity index is 937. The fourth-order valence-electron chi connectivity index (χ4n) is 1.65. The minimum Gasteiger partial charge on any atom is -0.743 e. The molecule has 2 unspecified atom stereocenters. The van der Waals surface area contributed by atoms with Crippen molar-refractivity contribution in [3.8, 4) is 0 Å². The van der Waals surface area contributed by atoms with Crippen molar-refractivity contribution in [3.63, 3.8) is 0 Å². The van der Waals surface area contributed by atoms with Gasteiger partial charge in [0.05, 0.1) is 0 Å². The molecular formula is C10F19LiO5S. The van der Waals surface area contributed by atoms with Gasteiger partial charge in [-0.2, -0.15) is 79.0 Å². The van der Waals surface area contributed by atoms with Gasteiger partial charge in [0.1, 0.15) is 0 Å². The molecule has 0 aromatic carbocycles. The second-order valence-electron chi connectivity index (χ2n) is 5.57. The maximum Gasteiger partial charge on any atom is 1.00 e. The number of ether oxygens (including phenoxy) is 2. The molecule has 0 heterocycles. The maximum atomic E-state index is 14.0. The normalized spacial score (nSPS) is 18.0. The molecule has 0 aliphatic carbocycles. The van der Waals surface area contributed by atoms with E-state index in [1.807, 2.05) is 0 Å². The molecular weight excluding hydrogens is 600 g/mol. The summed E-state index contributed by atoms with van der Waals surface area (Å²) in [6.07, 6.45) is -37.7. The SMILES string of the molecule is O=S(=O)([O-])C(F)(F)C(F)(F)OC(F)(C(F)(F)F)C(F)(F)C(F)(C(F)(F)F)C(F)(F)OC(F)=C(F)F.[Li+]. The van der Waals surface area contributed by atoms with Crippen LogP contribution in [-0.2, 0) is 19.6 Å². The molecule has 210 valence electrons. The molecule has 0 saturated heterocycles. The minimum atomic E-state index is -9.14. The van der Waals surface area contributed by atoms with Gasteiger partial charge < -0.3 is 9.29 Å². The van der Waals surface area contributed by atoms with E-state index in [0.717, 1.165) is 4.74 Å². The first kappa shape index (κ1) is 36.8. The summed E-state index contributed by atoms with van der Waals surface area (Å²) in [5, 5.41) is -7.80. The van der Waals surface area contributed by atoms with Gasteiger partial charge in [0.25, 0.3) is 0 Å². The summed E-state index contributed by atoms with van der Waals surface area (Å²) in [5.74, 6) is -18.0. The van der Waals surface area contributed by atoms with Crippen LogP contribution in [0.2, 0.25) is 0 Å². The summed E-state index contributed by atoms with van der Waals surface area (Å²) in [7, 11) is -8.11. The molecule has 0 saturated carbocycles. The smallest absolute Gasteiger partial charge is 0.743 e. The fourth-order valence-corrected chi connectivity index (χ4v) is 1.98. The molecule has 0 radical (unpaired) electrons. The van der Waals surface area contributed by atoms with Gasteiger partial charge in [-0.1, -0.05) is 0 Å². The van der Waals surface area contributed by atoms with Crippen molar-refractivity contribution in [1.82, 2.24) is 0 Å². The van der Waals surface area contributed by atoms with E-state index in [9.17, 15) is 96.4 Å². The average Bonchev–Trinajstić information content (AvgIpc) is 2.56. The van der Waals surface area contributed by atoms with Crippen LogP contribution in [0.5, 0.6) is 0 Å². The molecule has 0 aliphatic heterocycles. The van der Waals surface area contributed by atoms with Crippen LogP contribution in [0.3, 0.4) is 0 Å². The Balaban J connectivity index is 0. The zero-order valence-electron chi connectivity index (χ0n) is 15.6. The van der Waals surface area contributed by atoms with E-state index in [-0.39, 0.29) is 18.9 Å². The van der Waals surface area contributed by atoms with Crippen LogP contribution in [-0.4, -0.2) is 60.2 Å². The second-order valence-corrected chi connectivity index (χ2v) is 6.99. The second kappa shape index (κ2) is 9.77. The zero-order valence-corrected chi connectivity index (χ0v) is 16.4. The van der Waals surface area contributed by atoms with Crippen LogP contribution in [0, 0.1) is 0 Å². The van der Waals surface area contributed by atoms with Crippen molar-refractivity contribution >= 4 is 10.1 Å². The summed E-state index contributed by atoms with van der Waals surface area (Å²) >= 11 is 0. The van der Waals surface area contributed by atoms with Crippen LogP contribution in [0.25, 0.3) is 0 Å². The van der Waals surface area contributed by atoms with Gasteiger partial charge in [-0.3, -0.25) is 4.74 Å². The topological polar surface area (TPSA) is 75.7 Å². The summed E-state index contributed by atoms with van der Waals surface area (Å²) in [6.45, 7) is 0.